The monoisotopic (exact) mass is 498 g/mol. The molecule has 2 amide bonds. The number of fused-ring (bicyclic) bond motifs is 3. The van der Waals surface area contributed by atoms with E-state index in [4.69, 9.17) is 16.3 Å². The van der Waals surface area contributed by atoms with Crippen molar-refractivity contribution in [3.05, 3.63) is 81.0 Å². The molecule has 2 aromatic carbocycles. The Morgan fingerprint density at radius 2 is 1.68 bits per heavy atom. The highest BCUT2D eigenvalue weighted by atomic mass is 35.5. The van der Waals surface area contributed by atoms with Crippen LogP contribution in [0, 0.1) is 0 Å². The molecular formula is C25H23ClN2O5S. The van der Waals surface area contributed by atoms with Crippen molar-refractivity contribution in [2.24, 2.45) is 0 Å². The third-order valence-electron chi connectivity index (χ3n) is 5.71. The average molecular weight is 499 g/mol. The number of nitrogens with zero attached hydrogens (tertiary/aromatic N) is 1. The number of hydrogen-bond acceptors (Lipinski definition) is 5. The summed E-state index contributed by atoms with van der Waals surface area (Å²) in [5.74, 6) is -1.87. The average Bonchev–Trinajstić information content (AvgIpc) is 3.37. The molecule has 0 spiro atoms. The van der Waals surface area contributed by atoms with E-state index >= 15 is 0 Å². The van der Waals surface area contributed by atoms with Gasteiger partial charge in [0.2, 0.25) is 5.91 Å². The van der Waals surface area contributed by atoms with Crippen LogP contribution in [0.4, 0.5) is 4.79 Å². The van der Waals surface area contributed by atoms with Crippen LogP contribution < -0.4 is 5.32 Å². The molecule has 9 heteroatoms. The summed E-state index contributed by atoms with van der Waals surface area (Å²) in [6.07, 6.45) is -1.40. The maximum absolute atomic E-state index is 12.9. The van der Waals surface area contributed by atoms with Crippen LogP contribution in [-0.2, 0) is 20.9 Å². The Labute approximate surface area is 205 Å². The van der Waals surface area contributed by atoms with Gasteiger partial charge in [0.15, 0.2) is 0 Å². The lowest BCUT2D eigenvalue weighted by molar-refractivity contribution is -0.142. The molecule has 1 unspecified atom stereocenters. The van der Waals surface area contributed by atoms with Crippen molar-refractivity contribution in [1.82, 2.24) is 10.2 Å². The second kappa shape index (κ2) is 10.3. The Morgan fingerprint density at radius 1 is 1.06 bits per heavy atom. The Hall–Kier alpha value is -3.36. The maximum atomic E-state index is 12.9. The molecule has 0 saturated carbocycles. The third-order valence-corrected chi connectivity index (χ3v) is 6.93. The Kier molecular flexibility index (Phi) is 7.19. The van der Waals surface area contributed by atoms with Crippen LogP contribution in [-0.4, -0.2) is 47.7 Å². The van der Waals surface area contributed by atoms with Crippen molar-refractivity contribution in [2.45, 2.75) is 24.9 Å². The number of ether oxygens (including phenoxy) is 1. The van der Waals surface area contributed by atoms with E-state index in [1.54, 1.807) is 19.2 Å². The largest absolute Gasteiger partial charge is 0.481 e. The number of carbonyl (C=O) groups excluding carboxylic acids is 2. The van der Waals surface area contributed by atoms with Gasteiger partial charge < -0.3 is 20.1 Å². The first-order valence-corrected chi connectivity index (χ1v) is 11.9. The van der Waals surface area contributed by atoms with Crippen LogP contribution in [0.1, 0.15) is 28.3 Å². The number of amides is 2. The number of nitrogens with one attached hydrogen (secondary N) is 1. The standard InChI is InChI=1S/C25H23ClN2O5S/c1-28(13-15-10-11-22(26)34-15)24(31)21(12-23(29)30)27-25(32)33-14-20-18-8-4-2-6-16(18)17-7-3-5-9-19(17)20/h2-11,20-21H,12-14H2,1H3,(H,27,32)(H,29,30). The summed E-state index contributed by atoms with van der Waals surface area (Å²) in [7, 11) is 1.55. The van der Waals surface area contributed by atoms with Crippen molar-refractivity contribution < 1.29 is 24.2 Å². The summed E-state index contributed by atoms with van der Waals surface area (Å²) in [5, 5.41) is 11.7. The van der Waals surface area contributed by atoms with Gasteiger partial charge in [-0.1, -0.05) is 60.1 Å². The van der Waals surface area contributed by atoms with E-state index in [2.05, 4.69) is 5.32 Å². The number of likely N-dealkylation sites (N-methyl/N-ethyl adjacent to an activating group) is 1. The lowest BCUT2D eigenvalue weighted by Gasteiger charge is -2.23. The van der Waals surface area contributed by atoms with Crippen LogP contribution in [0.2, 0.25) is 4.34 Å². The third kappa shape index (κ3) is 5.24. The molecule has 3 aromatic rings. The maximum Gasteiger partial charge on any atom is 0.407 e. The number of rotatable bonds is 8. The van der Waals surface area contributed by atoms with Gasteiger partial charge in [-0.05, 0) is 34.4 Å². The number of benzene rings is 2. The second-order valence-electron chi connectivity index (χ2n) is 8.02. The van der Waals surface area contributed by atoms with Gasteiger partial charge in [0.25, 0.3) is 0 Å². The number of alkyl carbamates (subject to hydrolysis) is 1. The van der Waals surface area contributed by atoms with E-state index in [1.807, 2.05) is 48.5 Å². The Morgan fingerprint density at radius 3 is 2.24 bits per heavy atom. The molecule has 1 aromatic heterocycles. The van der Waals surface area contributed by atoms with Crippen molar-refractivity contribution in [3.63, 3.8) is 0 Å². The minimum absolute atomic E-state index is 0.0668. The van der Waals surface area contributed by atoms with E-state index in [9.17, 15) is 19.5 Å². The summed E-state index contributed by atoms with van der Waals surface area (Å²) in [6, 6.07) is 18.2. The fraction of sp³-hybridized carbons (Fsp3) is 0.240. The van der Waals surface area contributed by atoms with Gasteiger partial charge >= 0.3 is 12.1 Å². The Balaban J connectivity index is 1.41. The molecule has 1 aliphatic rings. The van der Waals surface area contributed by atoms with Crippen LogP contribution in [0.5, 0.6) is 0 Å². The summed E-state index contributed by atoms with van der Waals surface area (Å²) in [5.41, 5.74) is 4.32. The number of carbonyl (C=O) groups is 3. The van der Waals surface area contributed by atoms with Crippen molar-refractivity contribution >= 4 is 40.9 Å². The number of carboxylic acids is 1. The highest BCUT2D eigenvalue weighted by molar-refractivity contribution is 7.16. The van der Waals surface area contributed by atoms with E-state index in [1.165, 1.54) is 16.2 Å². The quantitative estimate of drug-likeness (QED) is 0.467. The zero-order valence-corrected chi connectivity index (χ0v) is 19.9. The molecule has 0 fully saturated rings. The van der Waals surface area contributed by atoms with Crippen LogP contribution >= 0.6 is 22.9 Å². The molecule has 1 atom stereocenters. The molecule has 34 heavy (non-hydrogen) atoms. The lowest BCUT2D eigenvalue weighted by atomic mass is 9.98. The summed E-state index contributed by atoms with van der Waals surface area (Å²) in [6.45, 7) is 0.316. The smallest absolute Gasteiger partial charge is 0.407 e. The summed E-state index contributed by atoms with van der Waals surface area (Å²) in [4.78, 5) is 39.0. The van der Waals surface area contributed by atoms with Gasteiger partial charge in [-0.3, -0.25) is 9.59 Å². The van der Waals surface area contributed by atoms with Gasteiger partial charge in [0, 0.05) is 17.8 Å². The predicted octanol–water partition coefficient (Wildman–Crippen LogP) is 4.74. The van der Waals surface area contributed by atoms with E-state index in [0.717, 1.165) is 27.1 Å². The molecule has 0 radical (unpaired) electrons. The lowest BCUT2D eigenvalue weighted by Crippen LogP contribution is -2.48. The van der Waals surface area contributed by atoms with Crippen LogP contribution in [0.3, 0.4) is 0 Å². The first-order chi connectivity index (χ1) is 16.3. The van der Waals surface area contributed by atoms with Gasteiger partial charge in [0.05, 0.1) is 17.3 Å². The van der Waals surface area contributed by atoms with Crippen molar-refractivity contribution in [2.75, 3.05) is 13.7 Å². The fourth-order valence-corrected chi connectivity index (χ4v) is 5.31. The number of halogens is 1. The molecule has 4 rings (SSSR count). The minimum atomic E-state index is -1.26. The van der Waals surface area contributed by atoms with E-state index in [-0.39, 0.29) is 19.1 Å². The molecule has 0 saturated heterocycles. The van der Waals surface area contributed by atoms with Gasteiger partial charge in [-0.25, -0.2) is 4.79 Å². The first kappa shape index (κ1) is 23.8. The Bertz CT molecular complexity index is 1180. The predicted molar refractivity (Wildman–Crippen MR) is 130 cm³/mol. The molecular weight excluding hydrogens is 476 g/mol. The zero-order valence-electron chi connectivity index (χ0n) is 18.4. The molecule has 1 heterocycles. The van der Waals surface area contributed by atoms with Crippen molar-refractivity contribution in [1.29, 1.82) is 0 Å². The number of carboxylic acid groups (broad SMARTS) is 1. The topological polar surface area (TPSA) is 95.9 Å². The van der Waals surface area contributed by atoms with E-state index < -0.39 is 30.4 Å². The SMILES string of the molecule is CN(Cc1ccc(Cl)s1)C(=O)C(CC(=O)O)NC(=O)OCC1c2ccccc2-c2ccccc21. The molecule has 0 aliphatic heterocycles. The number of aliphatic carboxylic acids is 1. The molecule has 2 N–H and O–H groups in total. The van der Waals surface area contributed by atoms with Crippen molar-refractivity contribution in [3.8, 4) is 11.1 Å². The summed E-state index contributed by atoms with van der Waals surface area (Å²) >= 11 is 7.27. The van der Waals surface area contributed by atoms with Crippen LogP contribution in [0.15, 0.2) is 60.7 Å². The summed E-state index contributed by atoms with van der Waals surface area (Å²) < 4.78 is 6.07. The zero-order chi connectivity index (χ0) is 24.2. The highest BCUT2D eigenvalue weighted by Gasteiger charge is 2.31. The number of hydrogen-bond donors (Lipinski definition) is 2. The molecule has 7 nitrogen and oxygen atoms in total. The van der Waals surface area contributed by atoms with Gasteiger partial charge in [-0.2, -0.15) is 0 Å². The van der Waals surface area contributed by atoms with Gasteiger partial charge in [0.1, 0.15) is 12.6 Å². The highest BCUT2D eigenvalue weighted by Crippen LogP contribution is 2.44. The molecule has 176 valence electrons. The van der Waals surface area contributed by atoms with Crippen LogP contribution in [0.25, 0.3) is 11.1 Å². The van der Waals surface area contributed by atoms with E-state index in [0.29, 0.717) is 4.34 Å². The molecule has 1 aliphatic carbocycles. The number of thiophene rings is 1. The second-order valence-corrected chi connectivity index (χ2v) is 9.82. The minimum Gasteiger partial charge on any atom is -0.481 e. The fourth-order valence-electron chi connectivity index (χ4n) is 4.17. The first-order valence-electron chi connectivity index (χ1n) is 10.7. The molecule has 0 bridgehead atoms. The van der Waals surface area contributed by atoms with Gasteiger partial charge in [-0.15, -0.1) is 11.3 Å². The normalized spacial score (nSPS) is 13.0.